The molecular formula is C16H19NO5. The third kappa shape index (κ3) is 5.32. The highest BCUT2D eigenvalue weighted by molar-refractivity contribution is 5.96. The van der Waals surface area contributed by atoms with Crippen molar-refractivity contribution in [1.82, 2.24) is 5.32 Å². The van der Waals surface area contributed by atoms with E-state index in [-0.39, 0.29) is 5.70 Å². The highest BCUT2D eigenvalue weighted by Gasteiger charge is 2.11. The number of rotatable bonds is 8. The molecule has 0 bridgehead atoms. The fourth-order valence-electron chi connectivity index (χ4n) is 1.66. The monoisotopic (exact) mass is 305 g/mol. The number of ether oxygens (including phenoxy) is 2. The normalized spacial score (nSPS) is 10.7. The molecule has 0 spiro atoms. The lowest BCUT2D eigenvalue weighted by molar-refractivity contribution is -0.134. The lowest BCUT2D eigenvalue weighted by atomic mass is 10.1. The Balaban J connectivity index is 3.13. The average molecular weight is 305 g/mol. The summed E-state index contributed by atoms with van der Waals surface area (Å²) in [6.45, 7) is 7.43. The Morgan fingerprint density at radius 3 is 2.59 bits per heavy atom. The Morgan fingerprint density at radius 2 is 2.05 bits per heavy atom. The first kappa shape index (κ1) is 17.3. The molecule has 0 aliphatic heterocycles. The van der Waals surface area contributed by atoms with Crippen molar-refractivity contribution in [3.8, 4) is 11.5 Å². The minimum atomic E-state index is -1.22. The topological polar surface area (TPSA) is 84.9 Å². The van der Waals surface area contributed by atoms with Crippen molar-refractivity contribution in [2.24, 2.45) is 0 Å². The molecule has 0 saturated carbocycles. The molecule has 0 radical (unpaired) electrons. The van der Waals surface area contributed by atoms with Crippen LogP contribution in [0.2, 0.25) is 0 Å². The zero-order chi connectivity index (χ0) is 16.5. The van der Waals surface area contributed by atoms with Crippen molar-refractivity contribution in [2.75, 3.05) is 13.2 Å². The van der Waals surface area contributed by atoms with Crippen LogP contribution in [0, 0.1) is 0 Å². The van der Waals surface area contributed by atoms with Crippen LogP contribution in [0.5, 0.6) is 11.5 Å². The zero-order valence-electron chi connectivity index (χ0n) is 12.6. The van der Waals surface area contributed by atoms with E-state index in [1.165, 1.54) is 13.0 Å². The highest BCUT2D eigenvalue weighted by Crippen LogP contribution is 2.29. The molecular weight excluding hydrogens is 286 g/mol. The van der Waals surface area contributed by atoms with Gasteiger partial charge in [-0.15, -0.1) is 0 Å². The summed E-state index contributed by atoms with van der Waals surface area (Å²) < 4.78 is 10.9. The van der Waals surface area contributed by atoms with Gasteiger partial charge < -0.3 is 19.9 Å². The summed E-state index contributed by atoms with van der Waals surface area (Å²) in [5.41, 5.74) is 0.357. The molecule has 0 aliphatic carbocycles. The van der Waals surface area contributed by atoms with Gasteiger partial charge in [0, 0.05) is 6.92 Å². The average Bonchev–Trinajstić information content (AvgIpc) is 2.45. The van der Waals surface area contributed by atoms with Gasteiger partial charge in [0.25, 0.3) is 0 Å². The van der Waals surface area contributed by atoms with E-state index < -0.39 is 11.9 Å². The predicted molar refractivity (Wildman–Crippen MR) is 82.7 cm³/mol. The van der Waals surface area contributed by atoms with Crippen LogP contribution in [0.25, 0.3) is 6.08 Å². The number of hydrogen-bond acceptors (Lipinski definition) is 4. The van der Waals surface area contributed by atoms with Crippen molar-refractivity contribution >= 4 is 18.0 Å². The van der Waals surface area contributed by atoms with Crippen LogP contribution in [0.15, 0.2) is 36.6 Å². The smallest absolute Gasteiger partial charge is 0.352 e. The van der Waals surface area contributed by atoms with E-state index in [1.807, 2.05) is 6.92 Å². The third-order valence-electron chi connectivity index (χ3n) is 2.48. The van der Waals surface area contributed by atoms with Gasteiger partial charge in [0.15, 0.2) is 11.5 Å². The van der Waals surface area contributed by atoms with E-state index in [0.717, 1.165) is 0 Å². The first-order chi connectivity index (χ1) is 10.5. The van der Waals surface area contributed by atoms with Crippen LogP contribution >= 0.6 is 0 Å². The van der Waals surface area contributed by atoms with Gasteiger partial charge in [-0.1, -0.05) is 18.7 Å². The number of carboxylic acid groups (broad SMARTS) is 1. The fraction of sp³-hybridized carbons (Fsp3) is 0.250. The van der Waals surface area contributed by atoms with E-state index in [0.29, 0.717) is 30.3 Å². The molecule has 6 heteroatoms. The van der Waals surface area contributed by atoms with Crippen LogP contribution in [-0.4, -0.2) is 30.2 Å². The van der Waals surface area contributed by atoms with Crippen molar-refractivity contribution in [3.05, 3.63) is 42.1 Å². The fourth-order valence-corrected chi connectivity index (χ4v) is 1.66. The van der Waals surface area contributed by atoms with Crippen LogP contribution < -0.4 is 14.8 Å². The molecule has 0 fully saturated rings. The number of carbonyl (C=O) groups is 2. The summed E-state index contributed by atoms with van der Waals surface area (Å²) in [5, 5.41) is 11.3. The molecule has 0 saturated heterocycles. The first-order valence-electron chi connectivity index (χ1n) is 6.71. The SMILES string of the molecule is C=CCOc1ccc(/C=C(/NC(C)=O)C(=O)O)cc1OCC. The minimum Gasteiger partial charge on any atom is -0.490 e. The maximum atomic E-state index is 11.1. The van der Waals surface area contributed by atoms with E-state index in [4.69, 9.17) is 14.6 Å². The number of benzene rings is 1. The molecule has 1 aromatic rings. The molecule has 0 heterocycles. The van der Waals surface area contributed by atoms with Gasteiger partial charge in [-0.05, 0) is 30.7 Å². The Hall–Kier alpha value is -2.76. The summed E-state index contributed by atoms with van der Waals surface area (Å²) in [6, 6.07) is 4.99. The summed E-state index contributed by atoms with van der Waals surface area (Å²) in [4.78, 5) is 22.1. The second kappa shape index (κ2) is 8.51. The summed E-state index contributed by atoms with van der Waals surface area (Å²) in [6.07, 6.45) is 2.96. The second-order valence-electron chi connectivity index (χ2n) is 4.28. The molecule has 0 atom stereocenters. The van der Waals surface area contributed by atoms with Gasteiger partial charge in [-0.3, -0.25) is 4.79 Å². The van der Waals surface area contributed by atoms with Gasteiger partial charge >= 0.3 is 5.97 Å². The molecule has 118 valence electrons. The van der Waals surface area contributed by atoms with E-state index in [2.05, 4.69) is 11.9 Å². The van der Waals surface area contributed by atoms with E-state index in [9.17, 15) is 9.59 Å². The van der Waals surface area contributed by atoms with Crippen molar-refractivity contribution in [1.29, 1.82) is 0 Å². The van der Waals surface area contributed by atoms with Crippen molar-refractivity contribution in [2.45, 2.75) is 13.8 Å². The van der Waals surface area contributed by atoms with Gasteiger partial charge in [-0.25, -0.2) is 4.79 Å². The first-order valence-corrected chi connectivity index (χ1v) is 6.71. The second-order valence-corrected chi connectivity index (χ2v) is 4.28. The maximum Gasteiger partial charge on any atom is 0.352 e. The Morgan fingerprint density at radius 1 is 1.32 bits per heavy atom. The number of amides is 1. The van der Waals surface area contributed by atoms with Crippen molar-refractivity contribution in [3.63, 3.8) is 0 Å². The summed E-state index contributed by atoms with van der Waals surface area (Å²) in [7, 11) is 0. The highest BCUT2D eigenvalue weighted by atomic mass is 16.5. The quantitative estimate of drug-likeness (QED) is 0.568. The molecule has 1 amide bonds. The Kier molecular flexibility index (Phi) is 6.69. The van der Waals surface area contributed by atoms with Crippen LogP contribution in [-0.2, 0) is 9.59 Å². The molecule has 0 aromatic heterocycles. The lowest BCUT2D eigenvalue weighted by Gasteiger charge is -2.12. The maximum absolute atomic E-state index is 11.1. The number of carbonyl (C=O) groups excluding carboxylic acids is 1. The number of nitrogens with one attached hydrogen (secondary N) is 1. The molecule has 2 N–H and O–H groups in total. The molecule has 22 heavy (non-hydrogen) atoms. The third-order valence-corrected chi connectivity index (χ3v) is 2.48. The van der Waals surface area contributed by atoms with E-state index in [1.54, 1.807) is 24.3 Å². The number of carboxylic acids is 1. The van der Waals surface area contributed by atoms with Crippen LogP contribution in [0.4, 0.5) is 0 Å². The van der Waals surface area contributed by atoms with Gasteiger partial charge in [0.1, 0.15) is 12.3 Å². The largest absolute Gasteiger partial charge is 0.490 e. The van der Waals surface area contributed by atoms with Crippen LogP contribution in [0.3, 0.4) is 0 Å². The van der Waals surface area contributed by atoms with Crippen LogP contribution in [0.1, 0.15) is 19.4 Å². The van der Waals surface area contributed by atoms with Gasteiger partial charge in [-0.2, -0.15) is 0 Å². The molecule has 0 unspecified atom stereocenters. The lowest BCUT2D eigenvalue weighted by Crippen LogP contribution is -2.24. The number of hydrogen-bond donors (Lipinski definition) is 2. The van der Waals surface area contributed by atoms with Crippen molar-refractivity contribution < 1.29 is 24.2 Å². The van der Waals surface area contributed by atoms with Gasteiger partial charge in [0.05, 0.1) is 6.61 Å². The Bertz CT molecular complexity index is 592. The summed E-state index contributed by atoms with van der Waals surface area (Å²) >= 11 is 0. The number of aliphatic carboxylic acids is 1. The Labute approximate surface area is 129 Å². The molecule has 0 aliphatic rings. The predicted octanol–water partition coefficient (Wildman–Crippen LogP) is 2.21. The molecule has 1 rings (SSSR count). The summed E-state index contributed by atoms with van der Waals surface area (Å²) in [5.74, 6) is -0.647. The molecule has 1 aromatic carbocycles. The van der Waals surface area contributed by atoms with E-state index >= 15 is 0 Å². The zero-order valence-corrected chi connectivity index (χ0v) is 12.6. The molecule has 6 nitrogen and oxygen atoms in total. The minimum absolute atomic E-state index is 0.213. The van der Waals surface area contributed by atoms with Gasteiger partial charge in [0.2, 0.25) is 5.91 Å². The standard InChI is InChI=1S/C16H19NO5/c1-4-8-22-14-7-6-12(10-15(14)21-5-2)9-13(16(19)20)17-11(3)18/h4,6-7,9-10H,1,5,8H2,2-3H3,(H,17,18)(H,19,20)/b13-9+.